The van der Waals surface area contributed by atoms with E-state index in [4.69, 9.17) is 9.47 Å². The monoisotopic (exact) mass is 328 g/mol. The molecule has 6 heteroatoms. The zero-order valence-electron chi connectivity index (χ0n) is 15.4. The van der Waals surface area contributed by atoms with Gasteiger partial charge in [-0.1, -0.05) is 13.3 Å². The van der Waals surface area contributed by atoms with E-state index in [0.29, 0.717) is 25.9 Å². The van der Waals surface area contributed by atoms with Crippen LogP contribution in [0, 0.1) is 5.92 Å². The van der Waals surface area contributed by atoms with Crippen LogP contribution in [-0.2, 0) is 9.47 Å². The van der Waals surface area contributed by atoms with Crippen LogP contribution in [0.1, 0.15) is 32.6 Å². The first kappa shape index (κ1) is 20.2. The van der Waals surface area contributed by atoms with Crippen LogP contribution < -0.4 is 10.6 Å². The molecule has 1 unspecified atom stereocenters. The Balaban J connectivity index is 2.01. The summed E-state index contributed by atoms with van der Waals surface area (Å²) >= 11 is 0. The molecule has 23 heavy (non-hydrogen) atoms. The molecular formula is C17H36N4O2. The van der Waals surface area contributed by atoms with Gasteiger partial charge in [0.1, 0.15) is 0 Å². The molecule has 0 aromatic rings. The molecule has 6 nitrogen and oxygen atoms in total. The minimum absolute atomic E-state index is 0.588. The largest absolute Gasteiger partial charge is 0.379 e. The number of aliphatic imine (C=N–C) groups is 1. The minimum atomic E-state index is 0.588. The van der Waals surface area contributed by atoms with Crippen molar-refractivity contribution < 1.29 is 9.47 Å². The number of ether oxygens (including phenoxy) is 2. The van der Waals surface area contributed by atoms with E-state index >= 15 is 0 Å². The second-order valence-electron chi connectivity index (χ2n) is 6.33. The number of hydrogen-bond acceptors (Lipinski definition) is 4. The number of guanidine groups is 1. The van der Waals surface area contributed by atoms with Gasteiger partial charge in [0.2, 0.25) is 0 Å². The zero-order valence-corrected chi connectivity index (χ0v) is 15.4. The van der Waals surface area contributed by atoms with Crippen LogP contribution in [0.15, 0.2) is 4.99 Å². The average Bonchev–Trinajstić information content (AvgIpc) is 3.36. The second-order valence-corrected chi connectivity index (χ2v) is 6.33. The summed E-state index contributed by atoms with van der Waals surface area (Å²) in [7, 11) is 6.11. The summed E-state index contributed by atoms with van der Waals surface area (Å²) in [5.41, 5.74) is 0. The lowest BCUT2D eigenvalue weighted by molar-refractivity contribution is 0.0487. The lowest BCUT2D eigenvalue weighted by Gasteiger charge is -2.25. The number of nitrogens with one attached hydrogen (secondary N) is 2. The quantitative estimate of drug-likeness (QED) is 0.303. The predicted molar refractivity (Wildman–Crippen MR) is 96.1 cm³/mol. The van der Waals surface area contributed by atoms with E-state index in [9.17, 15) is 0 Å². The molecule has 1 aliphatic carbocycles. The summed E-state index contributed by atoms with van der Waals surface area (Å²) in [4.78, 5) is 6.57. The molecule has 0 aliphatic heterocycles. The molecule has 0 amide bonds. The Morgan fingerprint density at radius 3 is 2.39 bits per heavy atom. The SMILES string of the molecule is CCCCOCCOCCNC(=NC)NCC(C1CC1)N(C)C. The summed E-state index contributed by atoms with van der Waals surface area (Å²) in [6, 6.07) is 0.588. The fourth-order valence-corrected chi connectivity index (χ4v) is 2.48. The second kappa shape index (κ2) is 12.6. The Labute approximate surface area is 142 Å². The van der Waals surface area contributed by atoms with Crippen molar-refractivity contribution in [2.24, 2.45) is 10.9 Å². The molecule has 1 aliphatic rings. The van der Waals surface area contributed by atoms with Crippen LogP contribution in [0.5, 0.6) is 0 Å². The van der Waals surface area contributed by atoms with Gasteiger partial charge in [-0.15, -0.1) is 0 Å². The Morgan fingerprint density at radius 1 is 1.13 bits per heavy atom. The molecule has 1 rings (SSSR count). The smallest absolute Gasteiger partial charge is 0.191 e. The van der Waals surface area contributed by atoms with Crippen molar-refractivity contribution in [3.63, 3.8) is 0 Å². The third kappa shape index (κ3) is 9.79. The van der Waals surface area contributed by atoms with E-state index in [1.165, 1.54) is 19.3 Å². The van der Waals surface area contributed by atoms with E-state index in [1.807, 2.05) is 0 Å². The maximum Gasteiger partial charge on any atom is 0.191 e. The normalized spacial score (nSPS) is 16.7. The molecule has 0 aromatic carbocycles. The van der Waals surface area contributed by atoms with Crippen LogP contribution in [0.4, 0.5) is 0 Å². The van der Waals surface area contributed by atoms with Gasteiger partial charge < -0.3 is 25.0 Å². The van der Waals surface area contributed by atoms with E-state index in [-0.39, 0.29) is 0 Å². The molecule has 0 spiro atoms. The minimum Gasteiger partial charge on any atom is -0.379 e. The van der Waals surface area contributed by atoms with Gasteiger partial charge in [-0.2, -0.15) is 0 Å². The van der Waals surface area contributed by atoms with E-state index in [0.717, 1.165) is 38.0 Å². The van der Waals surface area contributed by atoms with Gasteiger partial charge in [0.25, 0.3) is 0 Å². The van der Waals surface area contributed by atoms with Crippen molar-refractivity contribution >= 4 is 5.96 Å². The highest BCUT2D eigenvalue weighted by molar-refractivity contribution is 5.79. The number of hydrogen-bond donors (Lipinski definition) is 2. The third-order valence-electron chi connectivity index (χ3n) is 4.08. The van der Waals surface area contributed by atoms with Crippen molar-refractivity contribution in [3.05, 3.63) is 0 Å². The predicted octanol–water partition coefficient (Wildman–Crippen LogP) is 1.32. The van der Waals surface area contributed by atoms with Gasteiger partial charge >= 0.3 is 0 Å². The van der Waals surface area contributed by atoms with Crippen LogP contribution in [-0.4, -0.2) is 77.6 Å². The van der Waals surface area contributed by atoms with Crippen LogP contribution in [0.2, 0.25) is 0 Å². The van der Waals surface area contributed by atoms with Gasteiger partial charge in [-0.25, -0.2) is 0 Å². The average molecular weight is 329 g/mol. The summed E-state index contributed by atoms with van der Waals surface area (Å²) in [5.74, 6) is 1.69. The molecule has 0 radical (unpaired) electrons. The maximum atomic E-state index is 5.54. The molecule has 1 atom stereocenters. The number of likely N-dealkylation sites (N-methyl/N-ethyl adjacent to an activating group) is 1. The third-order valence-corrected chi connectivity index (χ3v) is 4.08. The van der Waals surface area contributed by atoms with Gasteiger partial charge in [-0.05, 0) is 39.3 Å². The van der Waals surface area contributed by atoms with Crippen molar-refractivity contribution in [3.8, 4) is 0 Å². The molecule has 0 aromatic heterocycles. The molecule has 1 fully saturated rings. The standard InChI is InChI=1S/C17H36N4O2/c1-5-6-10-22-12-13-23-11-9-19-17(18-2)20-14-16(21(3)4)15-7-8-15/h15-16H,5-14H2,1-4H3,(H2,18,19,20). The highest BCUT2D eigenvalue weighted by Crippen LogP contribution is 2.34. The number of rotatable bonds is 13. The lowest BCUT2D eigenvalue weighted by atomic mass is 10.1. The lowest BCUT2D eigenvalue weighted by Crippen LogP contribution is -2.46. The highest BCUT2D eigenvalue weighted by atomic mass is 16.5. The Bertz CT molecular complexity index is 318. The molecule has 136 valence electrons. The topological polar surface area (TPSA) is 58.1 Å². The van der Waals surface area contributed by atoms with Crippen molar-refractivity contribution in [2.45, 2.75) is 38.6 Å². The Morgan fingerprint density at radius 2 is 1.83 bits per heavy atom. The molecule has 0 bridgehead atoms. The van der Waals surface area contributed by atoms with Crippen molar-refractivity contribution in [2.75, 3.05) is 60.7 Å². The van der Waals surface area contributed by atoms with E-state index in [1.54, 1.807) is 7.05 Å². The van der Waals surface area contributed by atoms with Crippen LogP contribution in [0.3, 0.4) is 0 Å². The molecule has 2 N–H and O–H groups in total. The van der Waals surface area contributed by atoms with Crippen LogP contribution >= 0.6 is 0 Å². The molecular weight excluding hydrogens is 292 g/mol. The Hall–Kier alpha value is -0.850. The summed E-state index contributed by atoms with van der Waals surface area (Å²) in [6.45, 7) is 6.69. The van der Waals surface area contributed by atoms with Crippen LogP contribution in [0.25, 0.3) is 0 Å². The fraction of sp³-hybridized carbons (Fsp3) is 0.941. The molecule has 0 saturated heterocycles. The number of unbranched alkanes of at least 4 members (excludes halogenated alkanes) is 1. The van der Waals surface area contributed by atoms with Crippen molar-refractivity contribution in [1.82, 2.24) is 15.5 Å². The fourth-order valence-electron chi connectivity index (χ4n) is 2.48. The first-order valence-corrected chi connectivity index (χ1v) is 8.95. The number of nitrogens with zero attached hydrogens (tertiary/aromatic N) is 2. The molecule has 1 saturated carbocycles. The molecule has 0 heterocycles. The van der Waals surface area contributed by atoms with Gasteiger partial charge in [0, 0.05) is 32.8 Å². The highest BCUT2D eigenvalue weighted by Gasteiger charge is 2.32. The maximum absolute atomic E-state index is 5.54. The summed E-state index contributed by atoms with van der Waals surface area (Å²) < 4.78 is 11.0. The van der Waals surface area contributed by atoms with E-state index in [2.05, 4.69) is 41.5 Å². The summed E-state index contributed by atoms with van der Waals surface area (Å²) in [6.07, 6.45) is 5.00. The summed E-state index contributed by atoms with van der Waals surface area (Å²) in [5, 5.41) is 6.70. The van der Waals surface area contributed by atoms with E-state index < -0.39 is 0 Å². The zero-order chi connectivity index (χ0) is 16.9. The van der Waals surface area contributed by atoms with Gasteiger partial charge in [0.15, 0.2) is 5.96 Å². The van der Waals surface area contributed by atoms with Gasteiger partial charge in [0.05, 0.1) is 19.8 Å². The first-order chi connectivity index (χ1) is 11.2. The Kier molecular flexibility index (Phi) is 11.0. The van der Waals surface area contributed by atoms with Crippen molar-refractivity contribution in [1.29, 1.82) is 0 Å². The first-order valence-electron chi connectivity index (χ1n) is 8.95. The van der Waals surface area contributed by atoms with Gasteiger partial charge in [-0.3, -0.25) is 4.99 Å².